The van der Waals surface area contributed by atoms with Gasteiger partial charge in [0.25, 0.3) is 0 Å². The van der Waals surface area contributed by atoms with Crippen LogP contribution in [0.25, 0.3) is 0 Å². The van der Waals surface area contributed by atoms with Gasteiger partial charge in [-0.1, -0.05) is 23.8 Å². The SMILES string of the molecule is Cc1cccc(C(=O)Cn2cc(Br)cn2)c1. The number of hydrogen-bond donors (Lipinski definition) is 0. The van der Waals surface area contributed by atoms with Crippen LogP contribution in [0.4, 0.5) is 0 Å². The molecule has 0 fully saturated rings. The molecule has 0 saturated carbocycles. The summed E-state index contributed by atoms with van der Waals surface area (Å²) in [7, 11) is 0. The maximum atomic E-state index is 11.9. The summed E-state index contributed by atoms with van der Waals surface area (Å²) in [5.74, 6) is 0.0688. The lowest BCUT2D eigenvalue weighted by atomic mass is 10.1. The molecule has 4 heteroatoms. The summed E-state index contributed by atoms with van der Waals surface area (Å²) in [6.45, 7) is 2.25. The largest absolute Gasteiger partial charge is 0.292 e. The number of ketones is 1. The van der Waals surface area contributed by atoms with E-state index in [4.69, 9.17) is 0 Å². The zero-order valence-corrected chi connectivity index (χ0v) is 10.4. The van der Waals surface area contributed by atoms with Gasteiger partial charge in [0.1, 0.15) is 6.54 Å². The molecule has 0 amide bonds. The van der Waals surface area contributed by atoms with Crippen molar-refractivity contribution in [3.63, 3.8) is 0 Å². The molecular weight excluding hydrogens is 268 g/mol. The average Bonchev–Trinajstić information content (AvgIpc) is 2.64. The van der Waals surface area contributed by atoms with Crippen molar-refractivity contribution >= 4 is 21.7 Å². The number of carbonyl (C=O) groups is 1. The van der Waals surface area contributed by atoms with Gasteiger partial charge in [-0.2, -0.15) is 5.10 Å². The molecule has 0 aliphatic rings. The summed E-state index contributed by atoms with van der Waals surface area (Å²) in [5.41, 5.74) is 1.82. The molecule has 0 spiro atoms. The van der Waals surface area contributed by atoms with E-state index in [-0.39, 0.29) is 12.3 Å². The second kappa shape index (κ2) is 4.61. The number of aromatic nitrogens is 2. The van der Waals surface area contributed by atoms with Gasteiger partial charge < -0.3 is 0 Å². The Hall–Kier alpha value is -1.42. The van der Waals surface area contributed by atoms with E-state index in [1.54, 1.807) is 17.1 Å². The standard InChI is InChI=1S/C12H11BrN2O/c1-9-3-2-4-10(5-9)12(16)8-15-7-11(13)6-14-15/h2-7H,8H2,1H3. The maximum Gasteiger partial charge on any atom is 0.184 e. The molecule has 1 aromatic carbocycles. The van der Waals surface area contributed by atoms with Gasteiger partial charge in [0.15, 0.2) is 5.78 Å². The van der Waals surface area contributed by atoms with E-state index in [0.29, 0.717) is 0 Å². The van der Waals surface area contributed by atoms with Crippen LogP contribution < -0.4 is 0 Å². The lowest BCUT2D eigenvalue weighted by molar-refractivity contribution is 0.0967. The van der Waals surface area contributed by atoms with Crippen molar-refractivity contribution in [2.75, 3.05) is 0 Å². The molecule has 0 aliphatic carbocycles. The Morgan fingerprint density at radius 2 is 2.31 bits per heavy atom. The lowest BCUT2D eigenvalue weighted by Crippen LogP contribution is -2.10. The van der Waals surface area contributed by atoms with Gasteiger partial charge in [-0.3, -0.25) is 9.48 Å². The van der Waals surface area contributed by atoms with Crippen molar-refractivity contribution in [3.05, 3.63) is 52.3 Å². The lowest BCUT2D eigenvalue weighted by Gasteiger charge is -2.02. The van der Waals surface area contributed by atoms with Crippen molar-refractivity contribution in [3.8, 4) is 0 Å². The van der Waals surface area contributed by atoms with Crippen LogP contribution in [0.5, 0.6) is 0 Å². The van der Waals surface area contributed by atoms with Crippen LogP contribution in [0.15, 0.2) is 41.1 Å². The van der Waals surface area contributed by atoms with Gasteiger partial charge >= 0.3 is 0 Å². The second-order valence-corrected chi connectivity index (χ2v) is 4.56. The third kappa shape index (κ3) is 2.58. The van der Waals surface area contributed by atoms with Crippen LogP contribution in [0.1, 0.15) is 15.9 Å². The molecule has 82 valence electrons. The fraction of sp³-hybridized carbons (Fsp3) is 0.167. The molecule has 0 unspecified atom stereocenters. The highest BCUT2D eigenvalue weighted by molar-refractivity contribution is 9.10. The molecule has 0 atom stereocenters. The minimum absolute atomic E-state index is 0.0688. The zero-order valence-electron chi connectivity index (χ0n) is 8.85. The van der Waals surface area contributed by atoms with Crippen LogP contribution in [0.2, 0.25) is 0 Å². The molecule has 0 radical (unpaired) electrons. The molecule has 0 bridgehead atoms. The average molecular weight is 279 g/mol. The van der Waals surface area contributed by atoms with E-state index in [1.807, 2.05) is 31.2 Å². The Bertz CT molecular complexity index is 519. The van der Waals surface area contributed by atoms with Gasteiger partial charge in [-0.15, -0.1) is 0 Å². The van der Waals surface area contributed by atoms with Gasteiger partial charge in [-0.25, -0.2) is 0 Å². The van der Waals surface area contributed by atoms with Crippen molar-refractivity contribution in [1.29, 1.82) is 0 Å². The topological polar surface area (TPSA) is 34.9 Å². The van der Waals surface area contributed by atoms with Gasteiger partial charge in [-0.05, 0) is 28.9 Å². The summed E-state index contributed by atoms with van der Waals surface area (Å²) in [6.07, 6.45) is 3.46. The summed E-state index contributed by atoms with van der Waals surface area (Å²) >= 11 is 3.30. The molecule has 0 aliphatic heterocycles. The first-order valence-corrected chi connectivity index (χ1v) is 5.72. The minimum atomic E-state index is 0.0688. The molecule has 1 aromatic heterocycles. The molecule has 16 heavy (non-hydrogen) atoms. The Labute approximate surface area is 102 Å². The molecule has 3 nitrogen and oxygen atoms in total. The van der Waals surface area contributed by atoms with E-state index >= 15 is 0 Å². The highest BCUT2D eigenvalue weighted by Gasteiger charge is 2.07. The number of benzene rings is 1. The van der Waals surface area contributed by atoms with Crippen molar-refractivity contribution < 1.29 is 4.79 Å². The van der Waals surface area contributed by atoms with E-state index in [9.17, 15) is 4.79 Å². The third-order valence-corrected chi connectivity index (χ3v) is 2.66. The second-order valence-electron chi connectivity index (χ2n) is 3.65. The molecule has 2 aromatic rings. The monoisotopic (exact) mass is 278 g/mol. The maximum absolute atomic E-state index is 11.9. The molecule has 2 rings (SSSR count). The first-order valence-electron chi connectivity index (χ1n) is 4.93. The minimum Gasteiger partial charge on any atom is -0.292 e. The summed E-state index contributed by atoms with van der Waals surface area (Å²) in [5, 5.41) is 4.05. The molecule has 0 saturated heterocycles. The molecule has 1 heterocycles. The van der Waals surface area contributed by atoms with Crippen LogP contribution in [-0.2, 0) is 6.54 Å². The fourth-order valence-electron chi connectivity index (χ4n) is 1.48. The van der Waals surface area contributed by atoms with Gasteiger partial charge in [0.05, 0.1) is 10.7 Å². The number of halogens is 1. The Balaban J connectivity index is 2.14. The Morgan fingerprint density at radius 3 is 2.94 bits per heavy atom. The van der Waals surface area contributed by atoms with Gasteiger partial charge in [0.2, 0.25) is 0 Å². The number of nitrogens with zero attached hydrogens (tertiary/aromatic N) is 2. The summed E-state index contributed by atoms with van der Waals surface area (Å²) in [4.78, 5) is 11.9. The molecular formula is C12H11BrN2O. The quantitative estimate of drug-likeness (QED) is 0.810. The summed E-state index contributed by atoms with van der Waals surface area (Å²) in [6, 6.07) is 7.58. The highest BCUT2D eigenvalue weighted by atomic mass is 79.9. The van der Waals surface area contributed by atoms with Gasteiger partial charge in [0, 0.05) is 11.8 Å². The first kappa shape index (κ1) is 11.1. The zero-order chi connectivity index (χ0) is 11.5. The predicted molar refractivity (Wildman–Crippen MR) is 65.4 cm³/mol. The van der Waals surface area contributed by atoms with Crippen LogP contribution in [0, 0.1) is 6.92 Å². The van der Waals surface area contributed by atoms with E-state index < -0.39 is 0 Å². The Morgan fingerprint density at radius 1 is 1.50 bits per heavy atom. The number of rotatable bonds is 3. The number of Topliss-reactive ketones (excluding diaryl/α,β-unsaturated/α-hetero) is 1. The molecule has 0 N–H and O–H groups in total. The normalized spacial score (nSPS) is 10.4. The number of carbonyl (C=O) groups excluding carboxylic acids is 1. The van der Waals surface area contributed by atoms with Crippen LogP contribution in [0.3, 0.4) is 0 Å². The Kier molecular flexibility index (Phi) is 3.19. The van der Waals surface area contributed by atoms with Crippen LogP contribution >= 0.6 is 15.9 Å². The van der Waals surface area contributed by atoms with E-state index in [1.165, 1.54) is 0 Å². The fourth-order valence-corrected chi connectivity index (χ4v) is 1.81. The summed E-state index contributed by atoms with van der Waals surface area (Å²) < 4.78 is 2.50. The van der Waals surface area contributed by atoms with Crippen molar-refractivity contribution in [1.82, 2.24) is 9.78 Å². The highest BCUT2D eigenvalue weighted by Crippen LogP contribution is 2.09. The van der Waals surface area contributed by atoms with Crippen molar-refractivity contribution in [2.45, 2.75) is 13.5 Å². The first-order chi connectivity index (χ1) is 7.65. The van der Waals surface area contributed by atoms with E-state index in [2.05, 4.69) is 21.0 Å². The third-order valence-electron chi connectivity index (χ3n) is 2.25. The predicted octanol–water partition coefficient (Wildman–Crippen LogP) is 2.84. The van der Waals surface area contributed by atoms with E-state index in [0.717, 1.165) is 15.6 Å². The van der Waals surface area contributed by atoms with Crippen LogP contribution in [-0.4, -0.2) is 15.6 Å². The number of aryl methyl sites for hydroxylation is 1. The smallest absolute Gasteiger partial charge is 0.184 e. The van der Waals surface area contributed by atoms with Crippen molar-refractivity contribution in [2.24, 2.45) is 0 Å². The number of hydrogen-bond acceptors (Lipinski definition) is 2.